The molecule has 0 bridgehead atoms. The molecular weight excluding hydrogens is 711 g/mol. The van der Waals surface area contributed by atoms with E-state index in [1.165, 1.54) is 148 Å². The second-order valence-electron chi connectivity index (χ2n) is 18.1. The van der Waals surface area contributed by atoms with Gasteiger partial charge in [-0.2, -0.15) is 0 Å². The van der Waals surface area contributed by atoms with E-state index >= 15 is 0 Å². The number of carbonyl (C=O) groups excluding carboxylic acids is 1. The first kappa shape index (κ1) is 54.5. The van der Waals surface area contributed by atoms with Crippen LogP contribution in [0.2, 0.25) is 0 Å². The number of hydrogen-bond acceptors (Lipinski definition) is 6. The standard InChI is InChI=1S/C45H93N2O7P/c1-7-8-9-10-11-12-13-14-15-16-17-18-19-20-21-22-23-28-31-34-37-44(49)46-42(40-54-55(51,52)53-39-38-47(4,5)6)45(50)43(48)36-33-30-27-25-24-26-29-32-35-41(2)3/h41-43,45,48,50H,7-40H2,1-6H3,(H-,46,49,51,52)/p+1/t42-,43+,45-/m0/s1. The lowest BCUT2D eigenvalue weighted by atomic mass is 9.99. The Balaban J connectivity index is 4.36. The quantitative estimate of drug-likeness (QED) is 0.0275. The molecule has 0 aromatic carbocycles. The lowest BCUT2D eigenvalue weighted by molar-refractivity contribution is -0.870. The largest absolute Gasteiger partial charge is 0.472 e. The molecule has 0 fully saturated rings. The summed E-state index contributed by atoms with van der Waals surface area (Å²) in [6, 6.07) is -1.03. The van der Waals surface area contributed by atoms with Crippen LogP contribution in [-0.4, -0.2) is 84.6 Å². The van der Waals surface area contributed by atoms with E-state index in [2.05, 4.69) is 26.1 Å². The molecule has 4 N–H and O–H groups in total. The van der Waals surface area contributed by atoms with Crippen molar-refractivity contribution in [1.29, 1.82) is 0 Å². The van der Waals surface area contributed by atoms with Gasteiger partial charge in [0.1, 0.15) is 19.3 Å². The maximum atomic E-state index is 12.9. The molecule has 55 heavy (non-hydrogen) atoms. The zero-order valence-corrected chi connectivity index (χ0v) is 38.1. The van der Waals surface area contributed by atoms with E-state index in [-0.39, 0.29) is 12.5 Å². The summed E-state index contributed by atoms with van der Waals surface area (Å²) in [5, 5.41) is 24.7. The first-order valence-corrected chi connectivity index (χ1v) is 24.8. The van der Waals surface area contributed by atoms with Crippen LogP contribution < -0.4 is 5.32 Å². The van der Waals surface area contributed by atoms with Gasteiger partial charge in [0.15, 0.2) is 0 Å². The van der Waals surface area contributed by atoms with Crippen molar-refractivity contribution < 1.29 is 38.0 Å². The van der Waals surface area contributed by atoms with E-state index in [0.717, 1.165) is 44.4 Å². The third-order valence-electron chi connectivity index (χ3n) is 10.9. The fraction of sp³-hybridized carbons (Fsp3) is 0.978. The second kappa shape index (κ2) is 36.5. The highest BCUT2D eigenvalue weighted by Gasteiger charge is 2.31. The van der Waals surface area contributed by atoms with Gasteiger partial charge in [0.25, 0.3) is 0 Å². The van der Waals surface area contributed by atoms with Gasteiger partial charge in [-0.1, -0.05) is 201 Å². The van der Waals surface area contributed by atoms with Crippen molar-refractivity contribution in [3.63, 3.8) is 0 Å². The molecule has 0 radical (unpaired) electrons. The molecule has 330 valence electrons. The van der Waals surface area contributed by atoms with Gasteiger partial charge in [-0.25, -0.2) is 4.57 Å². The molecule has 0 heterocycles. The van der Waals surface area contributed by atoms with Gasteiger partial charge in [-0.05, 0) is 18.8 Å². The Morgan fingerprint density at radius 1 is 0.600 bits per heavy atom. The minimum atomic E-state index is -4.41. The number of quaternary nitrogens is 1. The Hall–Kier alpha value is -0.540. The predicted octanol–water partition coefficient (Wildman–Crippen LogP) is 11.8. The normalized spacial score (nSPS) is 14.9. The molecule has 0 spiro atoms. The van der Waals surface area contributed by atoms with Crippen molar-refractivity contribution in [3.8, 4) is 0 Å². The number of carbonyl (C=O) groups is 1. The minimum absolute atomic E-state index is 0.0247. The third kappa shape index (κ3) is 38.7. The molecule has 0 aliphatic rings. The third-order valence-corrected chi connectivity index (χ3v) is 11.9. The van der Waals surface area contributed by atoms with Crippen molar-refractivity contribution in [2.75, 3.05) is 40.9 Å². The molecule has 0 saturated heterocycles. The first-order valence-electron chi connectivity index (χ1n) is 23.3. The summed E-state index contributed by atoms with van der Waals surface area (Å²) >= 11 is 0. The number of amides is 1. The van der Waals surface area contributed by atoms with Crippen LogP contribution in [0.3, 0.4) is 0 Å². The molecular formula is C45H94N2O7P+. The lowest BCUT2D eigenvalue weighted by Gasteiger charge is -2.28. The van der Waals surface area contributed by atoms with Gasteiger partial charge in [0, 0.05) is 6.42 Å². The number of nitrogens with one attached hydrogen (secondary N) is 1. The number of aliphatic hydroxyl groups excluding tert-OH is 2. The zero-order valence-electron chi connectivity index (χ0n) is 37.2. The van der Waals surface area contributed by atoms with E-state index < -0.39 is 32.7 Å². The molecule has 4 atom stereocenters. The van der Waals surface area contributed by atoms with Crippen LogP contribution in [0.15, 0.2) is 0 Å². The Morgan fingerprint density at radius 3 is 1.38 bits per heavy atom. The Bertz CT molecular complexity index is 901. The number of rotatable bonds is 42. The van der Waals surface area contributed by atoms with E-state index in [1.807, 2.05) is 21.1 Å². The number of aliphatic hydroxyl groups is 2. The molecule has 0 aromatic heterocycles. The van der Waals surface area contributed by atoms with Crippen molar-refractivity contribution in [2.45, 2.75) is 238 Å². The van der Waals surface area contributed by atoms with Gasteiger partial charge < -0.3 is 24.9 Å². The molecule has 10 heteroatoms. The molecule has 1 unspecified atom stereocenters. The molecule has 0 aromatic rings. The fourth-order valence-electron chi connectivity index (χ4n) is 7.09. The number of unbranched alkanes of at least 4 members (excludes halogenated alkanes) is 26. The summed E-state index contributed by atoms with van der Waals surface area (Å²) in [7, 11) is 1.44. The average Bonchev–Trinajstić information content (AvgIpc) is 3.12. The molecule has 1 amide bonds. The highest BCUT2D eigenvalue weighted by molar-refractivity contribution is 7.47. The number of phosphoric acid groups is 1. The summed E-state index contributed by atoms with van der Waals surface area (Å²) in [6.45, 7) is 6.92. The lowest BCUT2D eigenvalue weighted by Crippen LogP contribution is -2.51. The molecule has 0 saturated carbocycles. The van der Waals surface area contributed by atoms with E-state index in [0.29, 0.717) is 23.9 Å². The predicted molar refractivity (Wildman–Crippen MR) is 232 cm³/mol. The van der Waals surface area contributed by atoms with Gasteiger partial charge >= 0.3 is 7.82 Å². The van der Waals surface area contributed by atoms with E-state index in [1.54, 1.807) is 0 Å². The topological polar surface area (TPSA) is 125 Å². The molecule has 0 rings (SSSR count). The number of likely N-dealkylation sites (N-methyl/N-ethyl adjacent to an activating group) is 1. The van der Waals surface area contributed by atoms with Gasteiger partial charge in [0.2, 0.25) is 5.91 Å². The first-order chi connectivity index (χ1) is 26.3. The van der Waals surface area contributed by atoms with Crippen LogP contribution in [0, 0.1) is 5.92 Å². The molecule has 9 nitrogen and oxygen atoms in total. The number of phosphoric ester groups is 1. The van der Waals surface area contributed by atoms with Crippen LogP contribution in [0.4, 0.5) is 0 Å². The maximum Gasteiger partial charge on any atom is 0.472 e. The van der Waals surface area contributed by atoms with Crippen molar-refractivity contribution in [2.24, 2.45) is 5.92 Å². The monoisotopic (exact) mass is 806 g/mol. The van der Waals surface area contributed by atoms with Crippen LogP contribution >= 0.6 is 7.82 Å². The second-order valence-corrected chi connectivity index (χ2v) is 19.6. The minimum Gasteiger partial charge on any atom is -0.390 e. The van der Waals surface area contributed by atoms with E-state index in [9.17, 15) is 24.5 Å². The van der Waals surface area contributed by atoms with Crippen molar-refractivity contribution in [1.82, 2.24) is 5.32 Å². The summed E-state index contributed by atoms with van der Waals surface area (Å²) in [5.41, 5.74) is 0. The summed E-state index contributed by atoms with van der Waals surface area (Å²) in [5.74, 6) is 0.517. The van der Waals surface area contributed by atoms with Crippen LogP contribution in [0.5, 0.6) is 0 Å². The average molecular weight is 806 g/mol. The van der Waals surface area contributed by atoms with E-state index in [4.69, 9.17) is 9.05 Å². The Labute approximate surface area is 341 Å². The zero-order chi connectivity index (χ0) is 41.0. The summed E-state index contributed by atoms with van der Waals surface area (Å²) in [6.07, 6.45) is 34.6. The van der Waals surface area contributed by atoms with Crippen LogP contribution in [0.25, 0.3) is 0 Å². The van der Waals surface area contributed by atoms with Gasteiger partial charge in [0.05, 0.1) is 39.9 Å². The molecule has 0 aliphatic heterocycles. The highest BCUT2D eigenvalue weighted by Crippen LogP contribution is 2.43. The maximum absolute atomic E-state index is 12.9. The van der Waals surface area contributed by atoms with Crippen molar-refractivity contribution in [3.05, 3.63) is 0 Å². The number of nitrogens with zero attached hydrogens (tertiary/aromatic N) is 1. The molecule has 0 aliphatic carbocycles. The highest BCUT2D eigenvalue weighted by atomic mass is 31.2. The fourth-order valence-corrected chi connectivity index (χ4v) is 7.83. The Morgan fingerprint density at radius 2 is 0.982 bits per heavy atom. The van der Waals surface area contributed by atoms with Crippen molar-refractivity contribution >= 4 is 13.7 Å². The smallest absolute Gasteiger partial charge is 0.390 e. The summed E-state index contributed by atoms with van der Waals surface area (Å²) < 4.78 is 23.5. The summed E-state index contributed by atoms with van der Waals surface area (Å²) in [4.78, 5) is 23.2. The van der Waals surface area contributed by atoms with Gasteiger partial charge in [-0.15, -0.1) is 0 Å². The van der Waals surface area contributed by atoms with Crippen LogP contribution in [-0.2, 0) is 18.4 Å². The Kier molecular flexibility index (Phi) is 36.2. The number of hydrogen-bond donors (Lipinski definition) is 4. The van der Waals surface area contributed by atoms with Crippen LogP contribution in [0.1, 0.15) is 220 Å². The van der Waals surface area contributed by atoms with Gasteiger partial charge in [-0.3, -0.25) is 13.8 Å². The SMILES string of the molecule is CCCCCCCCCCCCCCCCCCCCCCC(=O)N[C@@H](COP(=O)(O)OCC[N+](C)(C)C)[C@H](O)[C@H](O)CCCCCCCCCCC(C)C.